The lowest BCUT2D eigenvalue weighted by molar-refractivity contribution is 0.535. The molecular formula is C19H20FN3O. The third-order valence-corrected chi connectivity index (χ3v) is 3.95. The Bertz CT molecular complexity index is 920. The molecule has 0 saturated heterocycles. The van der Waals surface area contributed by atoms with E-state index in [9.17, 15) is 9.18 Å². The lowest BCUT2D eigenvalue weighted by Crippen LogP contribution is -2.28. The van der Waals surface area contributed by atoms with Crippen LogP contribution < -0.4 is 10.7 Å². The minimum absolute atomic E-state index is 0.173. The number of aromatic nitrogens is 2. The van der Waals surface area contributed by atoms with Gasteiger partial charge in [-0.3, -0.25) is 9.78 Å². The van der Waals surface area contributed by atoms with Crippen molar-refractivity contribution >= 4 is 10.9 Å². The number of pyridine rings is 2. The fraction of sp³-hybridized carbons (Fsp3) is 0.263. The molecule has 0 bridgehead atoms. The summed E-state index contributed by atoms with van der Waals surface area (Å²) >= 11 is 0. The molecule has 2 heterocycles. The molecule has 1 aromatic carbocycles. The number of rotatable bonds is 5. The average molecular weight is 325 g/mol. The molecule has 124 valence electrons. The van der Waals surface area contributed by atoms with Gasteiger partial charge in [0.1, 0.15) is 5.82 Å². The van der Waals surface area contributed by atoms with Crippen molar-refractivity contribution in [1.82, 2.24) is 15.3 Å². The Morgan fingerprint density at radius 2 is 2.08 bits per heavy atom. The summed E-state index contributed by atoms with van der Waals surface area (Å²) in [5.41, 5.74) is 3.30. The molecule has 0 fully saturated rings. The SMILES string of the molecule is Cc1cccc(CC(C)NCc2cc(=O)c3cc(F)ccc3[nH]2)n1. The maximum atomic E-state index is 13.2. The van der Waals surface area contributed by atoms with Gasteiger partial charge in [-0.25, -0.2) is 4.39 Å². The first-order valence-electron chi connectivity index (χ1n) is 7.98. The third-order valence-electron chi connectivity index (χ3n) is 3.95. The normalized spacial score (nSPS) is 12.5. The largest absolute Gasteiger partial charge is 0.357 e. The maximum Gasteiger partial charge on any atom is 0.189 e. The van der Waals surface area contributed by atoms with E-state index in [4.69, 9.17) is 0 Å². The number of fused-ring (bicyclic) bond motifs is 1. The number of nitrogens with one attached hydrogen (secondary N) is 2. The van der Waals surface area contributed by atoms with Crippen LogP contribution in [0.1, 0.15) is 24.0 Å². The summed E-state index contributed by atoms with van der Waals surface area (Å²) in [6.07, 6.45) is 0.810. The Hall–Kier alpha value is -2.53. The second kappa shape index (κ2) is 6.93. The average Bonchev–Trinajstić information content (AvgIpc) is 2.54. The lowest BCUT2D eigenvalue weighted by atomic mass is 10.1. The molecule has 4 nitrogen and oxygen atoms in total. The first-order chi connectivity index (χ1) is 11.5. The fourth-order valence-electron chi connectivity index (χ4n) is 2.75. The van der Waals surface area contributed by atoms with Gasteiger partial charge in [0.15, 0.2) is 5.43 Å². The number of nitrogens with zero attached hydrogens (tertiary/aromatic N) is 1. The summed E-state index contributed by atoms with van der Waals surface area (Å²) < 4.78 is 13.2. The molecule has 1 unspecified atom stereocenters. The zero-order chi connectivity index (χ0) is 17.1. The molecule has 0 spiro atoms. The van der Waals surface area contributed by atoms with Crippen molar-refractivity contribution in [3.63, 3.8) is 0 Å². The molecule has 0 aliphatic rings. The van der Waals surface area contributed by atoms with Gasteiger partial charge in [-0.05, 0) is 44.2 Å². The first-order valence-corrected chi connectivity index (χ1v) is 7.98. The highest BCUT2D eigenvalue weighted by atomic mass is 19.1. The van der Waals surface area contributed by atoms with Gasteiger partial charge >= 0.3 is 0 Å². The van der Waals surface area contributed by atoms with Gasteiger partial charge in [-0.15, -0.1) is 0 Å². The topological polar surface area (TPSA) is 57.8 Å². The van der Waals surface area contributed by atoms with Gasteiger partial charge in [0.05, 0.1) is 0 Å². The van der Waals surface area contributed by atoms with E-state index in [1.807, 2.05) is 25.1 Å². The van der Waals surface area contributed by atoms with E-state index in [0.29, 0.717) is 17.4 Å². The third kappa shape index (κ3) is 3.86. The van der Waals surface area contributed by atoms with Crippen LogP contribution in [0.15, 0.2) is 47.3 Å². The first kappa shape index (κ1) is 16.3. The van der Waals surface area contributed by atoms with Gasteiger partial charge in [0.2, 0.25) is 0 Å². The van der Waals surface area contributed by atoms with Crippen molar-refractivity contribution < 1.29 is 4.39 Å². The molecule has 1 atom stereocenters. The van der Waals surface area contributed by atoms with Crippen LogP contribution in [0.4, 0.5) is 4.39 Å². The van der Waals surface area contributed by atoms with Crippen LogP contribution in [-0.2, 0) is 13.0 Å². The minimum atomic E-state index is -0.404. The highest BCUT2D eigenvalue weighted by Crippen LogP contribution is 2.10. The van der Waals surface area contributed by atoms with E-state index in [1.54, 1.807) is 6.07 Å². The summed E-state index contributed by atoms with van der Waals surface area (Å²) in [6, 6.07) is 11.9. The predicted octanol–water partition coefficient (Wildman–Crippen LogP) is 3.09. The molecule has 2 N–H and O–H groups in total. The highest BCUT2D eigenvalue weighted by Gasteiger charge is 2.07. The summed E-state index contributed by atoms with van der Waals surface area (Å²) in [5.74, 6) is -0.404. The van der Waals surface area contributed by atoms with Crippen molar-refractivity contribution in [2.24, 2.45) is 0 Å². The van der Waals surface area contributed by atoms with Gasteiger partial charge in [-0.1, -0.05) is 6.07 Å². The number of hydrogen-bond acceptors (Lipinski definition) is 3. The number of benzene rings is 1. The number of halogens is 1. The van der Waals surface area contributed by atoms with Crippen molar-refractivity contribution in [1.29, 1.82) is 0 Å². The molecule has 0 saturated carbocycles. The van der Waals surface area contributed by atoms with Crippen molar-refractivity contribution in [3.8, 4) is 0 Å². The van der Waals surface area contributed by atoms with Gasteiger partial charge < -0.3 is 10.3 Å². The van der Waals surface area contributed by atoms with E-state index in [-0.39, 0.29) is 11.5 Å². The van der Waals surface area contributed by atoms with Crippen molar-refractivity contribution in [3.05, 3.63) is 75.6 Å². The zero-order valence-electron chi connectivity index (χ0n) is 13.8. The molecule has 3 rings (SSSR count). The number of aromatic amines is 1. The lowest BCUT2D eigenvalue weighted by Gasteiger charge is -2.14. The van der Waals surface area contributed by atoms with Crippen LogP contribution in [0.25, 0.3) is 10.9 Å². The molecule has 0 amide bonds. The molecule has 0 aliphatic carbocycles. The zero-order valence-corrected chi connectivity index (χ0v) is 13.8. The van der Waals surface area contributed by atoms with Crippen LogP contribution >= 0.6 is 0 Å². The summed E-state index contributed by atoms with van der Waals surface area (Å²) in [4.78, 5) is 19.8. The number of H-pyrrole nitrogens is 1. The van der Waals surface area contributed by atoms with Crippen LogP contribution in [0.5, 0.6) is 0 Å². The molecule has 5 heteroatoms. The van der Waals surface area contributed by atoms with Crippen LogP contribution in [0.3, 0.4) is 0 Å². The Kier molecular flexibility index (Phi) is 4.71. The molecule has 0 radical (unpaired) electrons. The van der Waals surface area contributed by atoms with E-state index in [1.165, 1.54) is 18.2 Å². The maximum absolute atomic E-state index is 13.2. The summed E-state index contributed by atoms with van der Waals surface area (Å²) in [7, 11) is 0. The predicted molar refractivity (Wildman–Crippen MR) is 93.5 cm³/mol. The van der Waals surface area contributed by atoms with E-state index in [2.05, 4.69) is 22.2 Å². The van der Waals surface area contributed by atoms with E-state index in [0.717, 1.165) is 23.5 Å². The van der Waals surface area contributed by atoms with E-state index >= 15 is 0 Å². The molecule has 0 aliphatic heterocycles. The van der Waals surface area contributed by atoms with Crippen molar-refractivity contribution in [2.75, 3.05) is 0 Å². The Labute approximate surface area is 139 Å². The molecule has 3 aromatic rings. The van der Waals surface area contributed by atoms with Gasteiger partial charge in [-0.2, -0.15) is 0 Å². The fourth-order valence-corrected chi connectivity index (χ4v) is 2.75. The Balaban J connectivity index is 1.69. The van der Waals surface area contributed by atoms with Gasteiger partial charge in [0, 0.05) is 53.1 Å². The number of aryl methyl sites for hydroxylation is 1. The summed E-state index contributed by atoms with van der Waals surface area (Å²) in [6.45, 7) is 4.60. The molecule has 24 heavy (non-hydrogen) atoms. The second-order valence-electron chi connectivity index (χ2n) is 6.11. The van der Waals surface area contributed by atoms with Crippen LogP contribution in [0, 0.1) is 12.7 Å². The van der Waals surface area contributed by atoms with Crippen LogP contribution in [-0.4, -0.2) is 16.0 Å². The number of hydrogen-bond donors (Lipinski definition) is 2. The van der Waals surface area contributed by atoms with Gasteiger partial charge in [0.25, 0.3) is 0 Å². The van der Waals surface area contributed by atoms with Crippen molar-refractivity contribution in [2.45, 2.75) is 32.9 Å². The highest BCUT2D eigenvalue weighted by molar-refractivity contribution is 5.78. The Morgan fingerprint density at radius 3 is 2.88 bits per heavy atom. The Morgan fingerprint density at radius 1 is 1.25 bits per heavy atom. The minimum Gasteiger partial charge on any atom is -0.357 e. The quantitative estimate of drug-likeness (QED) is 0.758. The monoisotopic (exact) mass is 325 g/mol. The van der Waals surface area contributed by atoms with Crippen LogP contribution in [0.2, 0.25) is 0 Å². The molecule has 2 aromatic heterocycles. The smallest absolute Gasteiger partial charge is 0.189 e. The molecular weight excluding hydrogens is 305 g/mol. The standard InChI is InChI=1S/C19H20FN3O/c1-12-4-3-5-15(22-12)8-13(2)21-11-16-10-19(24)17-9-14(20)6-7-18(17)23-16/h3-7,9-10,13,21H,8,11H2,1-2H3,(H,23,24). The summed E-state index contributed by atoms with van der Waals surface area (Å²) in [5, 5.41) is 3.76. The van der Waals surface area contributed by atoms with E-state index < -0.39 is 5.82 Å². The second-order valence-corrected chi connectivity index (χ2v) is 6.11.